The van der Waals surface area contributed by atoms with Gasteiger partial charge in [-0.05, 0) is 11.5 Å². The van der Waals surface area contributed by atoms with Gasteiger partial charge in [-0.15, -0.1) is 0 Å². The van der Waals surface area contributed by atoms with E-state index in [4.69, 9.17) is 5.11 Å². The van der Waals surface area contributed by atoms with Gasteiger partial charge in [-0.25, -0.2) is 0 Å². The molecule has 3 heteroatoms. The lowest BCUT2D eigenvalue weighted by Crippen LogP contribution is -2.26. The lowest BCUT2D eigenvalue weighted by molar-refractivity contribution is -0.148. The molecule has 0 aliphatic carbocycles. The van der Waals surface area contributed by atoms with E-state index < -0.39 is 18.0 Å². The SMILES string of the molecule is CC(C)[C@@H](C(=O)O)[C@@H](O)c1ccccc1. The van der Waals surface area contributed by atoms with Crippen molar-refractivity contribution in [2.75, 3.05) is 0 Å². The fraction of sp³-hybridized carbons (Fsp3) is 0.417. The van der Waals surface area contributed by atoms with E-state index >= 15 is 0 Å². The molecule has 1 aromatic rings. The fourth-order valence-electron chi connectivity index (χ4n) is 1.64. The first-order valence-electron chi connectivity index (χ1n) is 5.00. The number of benzene rings is 1. The third kappa shape index (κ3) is 2.80. The van der Waals surface area contributed by atoms with Gasteiger partial charge in [0.25, 0.3) is 0 Å². The standard InChI is InChI=1S/C12H16O3/c1-8(2)10(12(14)15)11(13)9-6-4-3-5-7-9/h3-8,10-11,13H,1-2H3,(H,14,15)/t10-,11+/m1/s1. The maximum atomic E-state index is 11.0. The number of aliphatic carboxylic acids is 1. The summed E-state index contributed by atoms with van der Waals surface area (Å²) in [6, 6.07) is 8.89. The Morgan fingerprint density at radius 3 is 2.13 bits per heavy atom. The Labute approximate surface area is 89.4 Å². The van der Waals surface area contributed by atoms with Crippen LogP contribution >= 0.6 is 0 Å². The van der Waals surface area contributed by atoms with Crippen LogP contribution in [0.15, 0.2) is 30.3 Å². The summed E-state index contributed by atoms with van der Waals surface area (Å²) in [5.74, 6) is -1.81. The van der Waals surface area contributed by atoms with Crippen LogP contribution in [-0.4, -0.2) is 16.2 Å². The Morgan fingerprint density at radius 1 is 1.20 bits per heavy atom. The highest BCUT2D eigenvalue weighted by Crippen LogP contribution is 2.27. The van der Waals surface area contributed by atoms with Crippen LogP contribution in [0.1, 0.15) is 25.5 Å². The van der Waals surface area contributed by atoms with Crippen molar-refractivity contribution in [3.8, 4) is 0 Å². The van der Waals surface area contributed by atoms with Crippen molar-refractivity contribution in [2.24, 2.45) is 11.8 Å². The molecule has 2 atom stereocenters. The predicted molar refractivity (Wildman–Crippen MR) is 57.4 cm³/mol. The third-order valence-corrected chi connectivity index (χ3v) is 2.48. The average molecular weight is 208 g/mol. The van der Waals surface area contributed by atoms with Crippen LogP contribution in [0.5, 0.6) is 0 Å². The molecule has 15 heavy (non-hydrogen) atoms. The number of hydrogen-bond donors (Lipinski definition) is 2. The summed E-state index contributed by atoms with van der Waals surface area (Å²) in [4.78, 5) is 11.0. The van der Waals surface area contributed by atoms with Crippen LogP contribution in [0.2, 0.25) is 0 Å². The molecule has 0 bridgehead atoms. The van der Waals surface area contributed by atoms with Gasteiger partial charge in [0, 0.05) is 0 Å². The number of aliphatic hydroxyl groups is 1. The maximum Gasteiger partial charge on any atom is 0.309 e. The second kappa shape index (κ2) is 4.94. The van der Waals surface area contributed by atoms with E-state index in [1.807, 2.05) is 6.07 Å². The Hall–Kier alpha value is -1.35. The summed E-state index contributed by atoms with van der Waals surface area (Å²) in [5, 5.41) is 19.0. The van der Waals surface area contributed by atoms with Crippen LogP contribution < -0.4 is 0 Å². The highest BCUT2D eigenvalue weighted by atomic mass is 16.4. The molecule has 0 fully saturated rings. The Bertz CT molecular complexity index is 319. The monoisotopic (exact) mass is 208 g/mol. The number of carboxylic acids is 1. The molecule has 82 valence electrons. The second-order valence-corrected chi connectivity index (χ2v) is 3.96. The maximum absolute atomic E-state index is 11.0. The largest absolute Gasteiger partial charge is 0.481 e. The number of hydrogen-bond acceptors (Lipinski definition) is 2. The van der Waals surface area contributed by atoms with Gasteiger partial charge >= 0.3 is 5.97 Å². The molecule has 1 rings (SSSR count). The number of carboxylic acid groups (broad SMARTS) is 1. The molecule has 3 nitrogen and oxygen atoms in total. The highest BCUT2D eigenvalue weighted by molar-refractivity contribution is 5.71. The molecule has 0 aliphatic rings. The van der Waals surface area contributed by atoms with Crippen molar-refractivity contribution < 1.29 is 15.0 Å². The first kappa shape index (κ1) is 11.7. The van der Waals surface area contributed by atoms with Gasteiger partial charge in [-0.1, -0.05) is 44.2 Å². The molecule has 0 aromatic heterocycles. The van der Waals surface area contributed by atoms with Gasteiger partial charge < -0.3 is 10.2 Å². The number of carbonyl (C=O) groups is 1. The topological polar surface area (TPSA) is 57.5 Å². The first-order valence-corrected chi connectivity index (χ1v) is 5.00. The first-order chi connectivity index (χ1) is 7.04. The Morgan fingerprint density at radius 2 is 1.73 bits per heavy atom. The molecule has 0 saturated carbocycles. The van der Waals surface area contributed by atoms with Crippen LogP contribution in [0.25, 0.3) is 0 Å². The van der Waals surface area contributed by atoms with E-state index in [2.05, 4.69) is 0 Å². The average Bonchev–Trinajstić information content (AvgIpc) is 2.18. The number of rotatable bonds is 4. The molecule has 1 aromatic carbocycles. The Kier molecular flexibility index (Phi) is 3.86. The lowest BCUT2D eigenvalue weighted by atomic mass is 9.87. The molecule has 2 N–H and O–H groups in total. The van der Waals surface area contributed by atoms with E-state index in [1.165, 1.54) is 0 Å². The van der Waals surface area contributed by atoms with Gasteiger partial charge in [0.05, 0.1) is 12.0 Å². The van der Waals surface area contributed by atoms with Crippen molar-refractivity contribution in [3.63, 3.8) is 0 Å². The van der Waals surface area contributed by atoms with Crippen molar-refractivity contribution >= 4 is 5.97 Å². The summed E-state index contributed by atoms with van der Waals surface area (Å²) < 4.78 is 0. The molecular weight excluding hydrogens is 192 g/mol. The van der Waals surface area contributed by atoms with Gasteiger partial charge in [0.1, 0.15) is 0 Å². The van der Waals surface area contributed by atoms with Crippen LogP contribution in [0.4, 0.5) is 0 Å². The zero-order chi connectivity index (χ0) is 11.4. The third-order valence-electron chi connectivity index (χ3n) is 2.48. The summed E-state index contributed by atoms with van der Waals surface area (Å²) in [7, 11) is 0. The quantitative estimate of drug-likeness (QED) is 0.796. The predicted octanol–water partition coefficient (Wildman–Crippen LogP) is 2.08. The van der Waals surface area contributed by atoms with Crippen molar-refractivity contribution in [1.29, 1.82) is 0 Å². The molecule has 0 unspecified atom stereocenters. The molecular formula is C12H16O3. The van der Waals surface area contributed by atoms with Gasteiger partial charge in [0.15, 0.2) is 0 Å². The second-order valence-electron chi connectivity index (χ2n) is 3.96. The highest BCUT2D eigenvalue weighted by Gasteiger charge is 2.30. The molecule has 0 spiro atoms. The van der Waals surface area contributed by atoms with Crippen molar-refractivity contribution in [2.45, 2.75) is 20.0 Å². The Balaban J connectivity index is 2.91. The minimum Gasteiger partial charge on any atom is -0.481 e. The zero-order valence-corrected chi connectivity index (χ0v) is 8.92. The molecule has 0 aliphatic heterocycles. The minimum absolute atomic E-state index is 0.0993. The zero-order valence-electron chi connectivity index (χ0n) is 8.92. The molecule has 0 amide bonds. The van der Waals surface area contributed by atoms with Crippen molar-refractivity contribution in [3.05, 3.63) is 35.9 Å². The normalized spacial score (nSPS) is 14.9. The van der Waals surface area contributed by atoms with E-state index in [9.17, 15) is 9.90 Å². The lowest BCUT2D eigenvalue weighted by Gasteiger charge is -2.22. The van der Waals surface area contributed by atoms with Gasteiger partial charge in [-0.3, -0.25) is 4.79 Å². The summed E-state index contributed by atoms with van der Waals surface area (Å²) in [5.41, 5.74) is 0.651. The van der Waals surface area contributed by atoms with Gasteiger partial charge in [0.2, 0.25) is 0 Å². The molecule has 0 heterocycles. The van der Waals surface area contributed by atoms with Crippen LogP contribution in [0.3, 0.4) is 0 Å². The van der Waals surface area contributed by atoms with Gasteiger partial charge in [-0.2, -0.15) is 0 Å². The number of aliphatic hydroxyl groups excluding tert-OH is 1. The van der Waals surface area contributed by atoms with E-state index in [-0.39, 0.29) is 5.92 Å². The summed E-state index contributed by atoms with van der Waals surface area (Å²) in [6.07, 6.45) is -0.941. The van der Waals surface area contributed by atoms with E-state index in [0.717, 1.165) is 0 Å². The molecule has 0 radical (unpaired) electrons. The fourth-order valence-corrected chi connectivity index (χ4v) is 1.64. The smallest absolute Gasteiger partial charge is 0.309 e. The van der Waals surface area contributed by atoms with Crippen LogP contribution in [-0.2, 0) is 4.79 Å². The summed E-state index contributed by atoms with van der Waals surface area (Å²) >= 11 is 0. The van der Waals surface area contributed by atoms with Crippen molar-refractivity contribution in [1.82, 2.24) is 0 Å². The van der Waals surface area contributed by atoms with E-state index in [1.54, 1.807) is 38.1 Å². The van der Waals surface area contributed by atoms with E-state index in [0.29, 0.717) is 5.56 Å². The summed E-state index contributed by atoms with van der Waals surface area (Å²) in [6.45, 7) is 3.59. The minimum atomic E-state index is -0.957. The molecule has 0 saturated heterocycles. The van der Waals surface area contributed by atoms with Crippen LogP contribution in [0, 0.1) is 11.8 Å².